The molecule has 22 heavy (non-hydrogen) atoms. The number of aromatic hydroxyl groups is 2. The molecule has 0 heterocycles. The molecule has 2 nitrogen and oxygen atoms in total. The van der Waals surface area contributed by atoms with Gasteiger partial charge in [-0.3, -0.25) is 0 Å². The zero-order valence-corrected chi connectivity index (χ0v) is 13.1. The minimum absolute atomic E-state index is 1.02. The zero-order chi connectivity index (χ0) is 16.9. The highest BCUT2D eigenvalue weighted by molar-refractivity contribution is 9.11. The Bertz CT molecular complexity index is 684. The van der Waals surface area contributed by atoms with Gasteiger partial charge in [0.2, 0.25) is 0 Å². The first-order chi connectivity index (χ1) is 10.1. The Balaban J connectivity index is 3.03. The Hall–Kier alpha value is -1.42. The van der Waals surface area contributed by atoms with Gasteiger partial charge >= 0.3 is 0 Å². The van der Waals surface area contributed by atoms with E-state index in [0.29, 0.717) is 0 Å². The number of rotatable bonds is 1. The number of halogens is 8. The van der Waals surface area contributed by atoms with Crippen LogP contribution in [-0.4, -0.2) is 10.2 Å². The van der Waals surface area contributed by atoms with Crippen LogP contribution in [0.2, 0.25) is 0 Å². The second-order valence-electron chi connectivity index (χ2n) is 3.96. The van der Waals surface area contributed by atoms with E-state index >= 15 is 0 Å². The van der Waals surface area contributed by atoms with E-state index in [4.69, 9.17) is 0 Å². The molecule has 118 valence electrons. The van der Waals surface area contributed by atoms with E-state index in [0.717, 1.165) is 0 Å². The summed E-state index contributed by atoms with van der Waals surface area (Å²) in [4.78, 5) is 0. The summed E-state index contributed by atoms with van der Waals surface area (Å²) in [5.74, 6) is -14.7. The minimum Gasteiger partial charge on any atom is -0.504 e. The van der Waals surface area contributed by atoms with E-state index in [1.807, 2.05) is 0 Å². The minimum atomic E-state index is -2.08. The maximum absolute atomic E-state index is 13.9. The van der Waals surface area contributed by atoms with Gasteiger partial charge in [-0.05, 0) is 31.9 Å². The van der Waals surface area contributed by atoms with Crippen molar-refractivity contribution < 1.29 is 36.6 Å². The van der Waals surface area contributed by atoms with E-state index in [1.165, 1.54) is 0 Å². The van der Waals surface area contributed by atoms with Crippen molar-refractivity contribution in [1.82, 2.24) is 0 Å². The molecule has 0 fully saturated rings. The average Bonchev–Trinajstić information content (AvgIpc) is 2.50. The molecule has 0 aliphatic rings. The summed E-state index contributed by atoms with van der Waals surface area (Å²) in [6, 6.07) is 0. The van der Waals surface area contributed by atoms with Gasteiger partial charge in [0.05, 0.1) is 11.1 Å². The molecule has 0 radical (unpaired) electrons. The summed E-state index contributed by atoms with van der Waals surface area (Å²) < 4.78 is 80.3. The Morgan fingerprint density at radius 3 is 1.05 bits per heavy atom. The molecule has 0 aliphatic heterocycles. The third-order valence-corrected chi connectivity index (χ3v) is 4.18. The van der Waals surface area contributed by atoms with Crippen LogP contribution >= 0.6 is 31.9 Å². The van der Waals surface area contributed by atoms with Crippen LogP contribution in [0.25, 0.3) is 11.1 Å². The van der Waals surface area contributed by atoms with Gasteiger partial charge in [-0.25, -0.2) is 26.3 Å². The number of hydrogen-bond acceptors (Lipinski definition) is 2. The molecule has 0 aromatic heterocycles. The number of phenolic OH excluding ortho intramolecular Hbond substituents is 2. The molecule has 0 saturated carbocycles. The second kappa shape index (κ2) is 5.65. The molecular formula is C12H2Br2F6O2. The van der Waals surface area contributed by atoms with Gasteiger partial charge in [-0.2, -0.15) is 0 Å². The van der Waals surface area contributed by atoms with Crippen LogP contribution in [-0.2, 0) is 0 Å². The van der Waals surface area contributed by atoms with Crippen LogP contribution in [0.5, 0.6) is 11.5 Å². The number of benzene rings is 2. The largest absolute Gasteiger partial charge is 0.504 e. The molecule has 10 heteroatoms. The SMILES string of the molecule is Oc1c(F)c(-c2c(F)c(O)c(Br)c(F)c2F)c(F)c(F)c1Br. The van der Waals surface area contributed by atoms with E-state index in [-0.39, 0.29) is 0 Å². The molecule has 2 N–H and O–H groups in total. The highest BCUT2D eigenvalue weighted by atomic mass is 79.9. The summed E-state index contributed by atoms with van der Waals surface area (Å²) in [6.45, 7) is 0. The van der Waals surface area contributed by atoms with Crippen molar-refractivity contribution in [2.45, 2.75) is 0 Å². The van der Waals surface area contributed by atoms with Crippen molar-refractivity contribution in [3.63, 3.8) is 0 Å². The molecule has 0 atom stereocenters. The topological polar surface area (TPSA) is 40.5 Å². The molecule has 2 aromatic rings. The first-order valence-electron chi connectivity index (χ1n) is 5.21. The van der Waals surface area contributed by atoms with E-state index in [1.54, 1.807) is 0 Å². The maximum atomic E-state index is 13.9. The Labute approximate surface area is 135 Å². The molecule has 0 saturated heterocycles. The smallest absolute Gasteiger partial charge is 0.177 e. The maximum Gasteiger partial charge on any atom is 0.177 e. The van der Waals surface area contributed by atoms with Crippen LogP contribution in [0.3, 0.4) is 0 Å². The third-order valence-electron chi connectivity index (χ3n) is 2.73. The molecular weight excluding hydrogens is 450 g/mol. The summed E-state index contributed by atoms with van der Waals surface area (Å²) in [6.07, 6.45) is 0. The van der Waals surface area contributed by atoms with Crippen LogP contribution in [0.15, 0.2) is 8.95 Å². The summed E-state index contributed by atoms with van der Waals surface area (Å²) in [7, 11) is 0. The normalized spacial score (nSPS) is 11.1. The first-order valence-corrected chi connectivity index (χ1v) is 6.80. The fraction of sp³-hybridized carbons (Fsp3) is 0. The van der Waals surface area contributed by atoms with E-state index in [2.05, 4.69) is 31.9 Å². The van der Waals surface area contributed by atoms with Gasteiger partial charge in [0, 0.05) is 0 Å². The lowest BCUT2D eigenvalue weighted by Crippen LogP contribution is -2.04. The second-order valence-corrected chi connectivity index (χ2v) is 5.55. The van der Waals surface area contributed by atoms with Gasteiger partial charge in [0.25, 0.3) is 0 Å². The lowest BCUT2D eigenvalue weighted by molar-refractivity contribution is 0.400. The van der Waals surface area contributed by atoms with Crippen molar-refractivity contribution in [2.75, 3.05) is 0 Å². The van der Waals surface area contributed by atoms with Crippen LogP contribution in [0.4, 0.5) is 26.3 Å². The number of hydrogen-bond donors (Lipinski definition) is 2. The zero-order valence-electron chi connectivity index (χ0n) is 9.92. The van der Waals surface area contributed by atoms with Gasteiger partial charge in [0.15, 0.2) is 46.4 Å². The first kappa shape index (κ1) is 16.9. The quantitative estimate of drug-likeness (QED) is 0.359. The van der Waals surface area contributed by atoms with Gasteiger partial charge in [-0.15, -0.1) is 0 Å². The van der Waals surface area contributed by atoms with E-state index < -0.39 is 66.5 Å². The van der Waals surface area contributed by atoms with Crippen molar-refractivity contribution in [2.24, 2.45) is 0 Å². The van der Waals surface area contributed by atoms with Crippen LogP contribution < -0.4 is 0 Å². The van der Waals surface area contributed by atoms with Crippen molar-refractivity contribution in [3.05, 3.63) is 43.8 Å². The summed E-state index contributed by atoms with van der Waals surface area (Å²) in [5, 5.41) is 18.6. The van der Waals surface area contributed by atoms with Crippen LogP contribution in [0, 0.1) is 34.9 Å². The Morgan fingerprint density at radius 1 is 0.500 bits per heavy atom. The van der Waals surface area contributed by atoms with Gasteiger partial charge in [-0.1, -0.05) is 0 Å². The molecule has 0 spiro atoms. The Kier molecular flexibility index (Phi) is 4.35. The fourth-order valence-corrected chi connectivity index (χ4v) is 2.38. The highest BCUT2D eigenvalue weighted by Gasteiger charge is 2.32. The molecule has 0 amide bonds. The van der Waals surface area contributed by atoms with Crippen LogP contribution in [0.1, 0.15) is 0 Å². The standard InChI is InChI=1S/C12H2Br2F6O2/c13-3-9(19)5(15)1(7(17)11(3)21)2-6(16)10(20)4(14)12(22)8(2)18/h21-22H. The van der Waals surface area contributed by atoms with E-state index in [9.17, 15) is 36.6 Å². The molecule has 2 rings (SSSR count). The highest BCUT2D eigenvalue weighted by Crippen LogP contribution is 2.44. The van der Waals surface area contributed by atoms with Crippen molar-refractivity contribution >= 4 is 31.9 Å². The predicted octanol–water partition coefficient (Wildman–Crippen LogP) is 5.12. The average molecular weight is 452 g/mol. The summed E-state index contributed by atoms with van der Waals surface area (Å²) >= 11 is 4.68. The lowest BCUT2D eigenvalue weighted by Gasteiger charge is -2.13. The molecule has 0 unspecified atom stereocenters. The summed E-state index contributed by atoms with van der Waals surface area (Å²) in [5.41, 5.74) is -3.40. The third kappa shape index (κ3) is 2.24. The Morgan fingerprint density at radius 2 is 0.773 bits per heavy atom. The number of phenols is 2. The molecule has 2 aromatic carbocycles. The predicted molar refractivity (Wildman–Crippen MR) is 70.4 cm³/mol. The monoisotopic (exact) mass is 450 g/mol. The molecule has 0 bridgehead atoms. The lowest BCUT2D eigenvalue weighted by atomic mass is 10.0. The van der Waals surface area contributed by atoms with Crippen molar-refractivity contribution in [1.29, 1.82) is 0 Å². The van der Waals surface area contributed by atoms with Gasteiger partial charge in [0.1, 0.15) is 8.95 Å². The molecule has 0 aliphatic carbocycles. The van der Waals surface area contributed by atoms with Gasteiger partial charge < -0.3 is 10.2 Å². The fourth-order valence-electron chi connectivity index (χ4n) is 1.68. The van der Waals surface area contributed by atoms with Crippen molar-refractivity contribution in [3.8, 4) is 22.6 Å².